The number of hydrogen-bond acceptors (Lipinski definition) is 2. The van der Waals surface area contributed by atoms with Gasteiger partial charge in [-0.05, 0) is 23.8 Å². The maximum Gasteiger partial charge on any atom is 0.0998 e. The summed E-state index contributed by atoms with van der Waals surface area (Å²) in [6, 6.07) is 15.6. The van der Waals surface area contributed by atoms with E-state index in [0.29, 0.717) is 5.57 Å². The summed E-state index contributed by atoms with van der Waals surface area (Å²) in [6.45, 7) is 0. The molecule has 0 radical (unpaired) electrons. The molecule has 0 amide bonds. The topological polar surface area (TPSA) is 23.8 Å². The number of allylic oxidation sites excluding steroid dienone is 1. The van der Waals surface area contributed by atoms with E-state index in [1.807, 2.05) is 48.5 Å². The van der Waals surface area contributed by atoms with Crippen LogP contribution in [-0.4, -0.2) is 0 Å². The summed E-state index contributed by atoms with van der Waals surface area (Å²) in [5.41, 5.74) is 1.58. The average Bonchev–Trinajstić information content (AvgIpc) is 2.73. The molecule has 0 saturated heterocycles. The average molecular weight is 246 g/mol. The highest BCUT2D eigenvalue weighted by atomic mass is 35.5. The molecule has 2 rings (SSSR count). The van der Waals surface area contributed by atoms with Gasteiger partial charge in [-0.25, -0.2) is 0 Å². The van der Waals surface area contributed by atoms with E-state index < -0.39 is 0 Å². The predicted octanol–water partition coefficient (Wildman–Crippen LogP) is 4.47. The summed E-state index contributed by atoms with van der Waals surface area (Å²) in [5.74, 6) is 0. The molecule has 0 aliphatic heterocycles. The third-order valence-electron chi connectivity index (χ3n) is 2.09. The Balaban J connectivity index is 2.38. The number of halogens is 1. The van der Waals surface area contributed by atoms with Crippen LogP contribution in [0.1, 0.15) is 10.4 Å². The molecule has 0 atom stereocenters. The number of hydrogen-bond donors (Lipinski definition) is 0. The van der Waals surface area contributed by atoms with Crippen LogP contribution in [0.15, 0.2) is 42.5 Å². The highest BCUT2D eigenvalue weighted by molar-refractivity contribution is 7.17. The van der Waals surface area contributed by atoms with Crippen molar-refractivity contribution in [3.05, 3.63) is 57.2 Å². The molecular formula is C13H8ClNS. The summed E-state index contributed by atoms with van der Waals surface area (Å²) in [4.78, 5) is 0.991. The molecular weight excluding hydrogens is 238 g/mol. The van der Waals surface area contributed by atoms with Gasteiger partial charge in [0.05, 0.1) is 16.0 Å². The smallest absolute Gasteiger partial charge is 0.0998 e. The first-order chi connectivity index (χ1) is 7.79. The lowest BCUT2D eigenvalue weighted by atomic mass is 10.1. The van der Waals surface area contributed by atoms with Crippen molar-refractivity contribution < 1.29 is 0 Å². The van der Waals surface area contributed by atoms with Gasteiger partial charge in [-0.2, -0.15) is 5.26 Å². The zero-order valence-corrected chi connectivity index (χ0v) is 9.92. The molecule has 0 aliphatic carbocycles. The summed E-state index contributed by atoms with van der Waals surface area (Å²) in [7, 11) is 0. The van der Waals surface area contributed by atoms with Crippen LogP contribution in [0.2, 0.25) is 4.34 Å². The van der Waals surface area contributed by atoms with Gasteiger partial charge in [0, 0.05) is 4.88 Å². The first-order valence-electron chi connectivity index (χ1n) is 4.72. The largest absolute Gasteiger partial charge is 0.192 e. The van der Waals surface area contributed by atoms with Gasteiger partial charge in [-0.15, -0.1) is 11.3 Å². The summed E-state index contributed by atoms with van der Waals surface area (Å²) in [5, 5.41) is 9.10. The molecule has 0 spiro atoms. The van der Waals surface area contributed by atoms with E-state index in [9.17, 15) is 0 Å². The van der Waals surface area contributed by atoms with Crippen LogP contribution in [-0.2, 0) is 0 Å². The fraction of sp³-hybridized carbons (Fsp3) is 0. The van der Waals surface area contributed by atoms with Gasteiger partial charge in [0.1, 0.15) is 0 Å². The van der Waals surface area contributed by atoms with Gasteiger partial charge in [0.2, 0.25) is 0 Å². The van der Waals surface area contributed by atoms with Gasteiger partial charge < -0.3 is 0 Å². The van der Waals surface area contributed by atoms with Crippen molar-refractivity contribution in [3.63, 3.8) is 0 Å². The van der Waals surface area contributed by atoms with Crippen LogP contribution in [0.4, 0.5) is 0 Å². The Morgan fingerprint density at radius 1 is 1.19 bits per heavy atom. The third kappa shape index (κ3) is 2.52. The molecule has 2 aromatic rings. The first kappa shape index (κ1) is 10.9. The van der Waals surface area contributed by atoms with Crippen LogP contribution >= 0.6 is 22.9 Å². The third-order valence-corrected chi connectivity index (χ3v) is 3.26. The molecule has 1 aromatic carbocycles. The minimum Gasteiger partial charge on any atom is -0.192 e. The molecule has 1 heterocycles. The minimum absolute atomic E-state index is 0.652. The highest BCUT2D eigenvalue weighted by Gasteiger charge is 2.01. The Kier molecular flexibility index (Phi) is 3.40. The predicted molar refractivity (Wildman–Crippen MR) is 69.3 cm³/mol. The number of thiophene rings is 1. The lowest BCUT2D eigenvalue weighted by Gasteiger charge is -1.96. The van der Waals surface area contributed by atoms with E-state index in [1.54, 1.807) is 0 Å². The first-order valence-corrected chi connectivity index (χ1v) is 5.91. The van der Waals surface area contributed by atoms with E-state index in [4.69, 9.17) is 16.9 Å². The Morgan fingerprint density at radius 2 is 1.94 bits per heavy atom. The van der Waals surface area contributed by atoms with Crippen LogP contribution in [0, 0.1) is 11.3 Å². The second-order valence-corrected chi connectivity index (χ2v) is 4.92. The number of rotatable bonds is 2. The van der Waals surface area contributed by atoms with Crippen molar-refractivity contribution in [1.29, 1.82) is 5.26 Å². The van der Waals surface area contributed by atoms with E-state index in [2.05, 4.69) is 6.07 Å². The quantitative estimate of drug-likeness (QED) is 0.717. The van der Waals surface area contributed by atoms with E-state index in [1.165, 1.54) is 11.3 Å². The molecule has 0 N–H and O–H groups in total. The normalized spacial score (nSPS) is 11.1. The molecule has 0 bridgehead atoms. The molecule has 3 heteroatoms. The number of nitriles is 1. The molecule has 0 aliphatic rings. The van der Waals surface area contributed by atoms with E-state index >= 15 is 0 Å². The maximum atomic E-state index is 9.10. The lowest BCUT2D eigenvalue weighted by Crippen LogP contribution is -1.79. The van der Waals surface area contributed by atoms with Gasteiger partial charge in [-0.3, -0.25) is 0 Å². The Morgan fingerprint density at radius 3 is 2.50 bits per heavy atom. The molecule has 1 nitrogen and oxygen atoms in total. The van der Waals surface area contributed by atoms with Gasteiger partial charge in [-0.1, -0.05) is 41.9 Å². The monoisotopic (exact) mass is 245 g/mol. The summed E-state index contributed by atoms with van der Waals surface area (Å²) < 4.78 is 0.733. The highest BCUT2D eigenvalue weighted by Crippen LogP contribution is 2.25. The SMILES string of the molecule is N#C/C(=C\c1ccc(Cl)s1)c1ccccc1. The summed E-state index contributed by atoms with van der Waals surface area (Å²) >= 11 is 7.30. The fourth-order valence-corrected chi connectivity index (χ4v) is 2.35. The van der Waals surface area contributed by atoms with Crippen molar-refractivity contribution >= 4 is 34.6 Å². The van der Waals surface area contributed by atoms with Crippen molar-refractivity contribution in [2.45, 2.75) is 0 Å². The molecule has 16 heavy (non-hydrogen) atoms. The zero-order valence-electron chi connectivity index (χ0n) is 8.35. The van der Waals surface area contributed by atoms with Gasteiger partial charge >= 0.3 is 0 Å². The summed E-state index contributed by atoms with van der Waals surface area (Å²) in [6.07, 6.45) is 1.85. The minimum atomic E-state index is 0.652. The standard InChI is InChI=1S/C13H8ClNS/c14-13-7-6-12(16-13)8-11(9-15)10-4-2-1-3-5-10/h1-8H/b11-8+. The lowest BCUT2D eigenvalue weighted by molar-refractivity contribution is 1.52. The van der Waals surface area contributed by atoms with Crippen LogP contribution in [0.5, 0.6) is 0 Å². The van der Waals surface area contributed by atoms with Crippen molar-refractivity contribution in [2.24, 2.45) is 0 Å². The van der Waals surface area contributed by atoms with E-state index in [-0.39, 0.29) is 0 Å². The van der Waals surface area contributed by atoms with Crippen LogP contribution < -0.4 is 0 Å². The maximum absolute atomic E-state index is 9.10. The van der Waals surface area contributed by atoms with Crippen LogP contribution in [0.3, 0.4) is 0 Å². The number of nitrogens with zero attached hydrogens (tertiary/aromatic N) is 1. The molecule has 0 unspecified atom stereocenters. The molecule has 0 fully saturated rings. The second kappa shape index (κ2) is 4.98. The van der Waals surface area contributed by atoms with E-state index in [0.717, 1.165) is 14.8 Å². The fourth-order valence-electron chi connectivity index (χ4n) is 1.35. The van der Waals surface area contributed by atoms with Crippen LogP contribution in [0.25, 0.3) is 11.6 Å². The van der Waals surface area contributed by atoms with Crippen molar-refractivity contribution in [2.75, 3.05) is 0 Å². The van der Waals surface area contributed by atoms with Crippen molar-refractivity contribution in [1.82, 2.24) is 0 Å². The number of benzene rings is 1. The Hall–Kier alpha value is -1.56. The zero-order chi connectivity index (χ0) is 11.4. The molecule has 78 valence electrons. The van der Waals surface area contributed by atoms with Gasteiger partial charge in [0.25, 0.3) is 0 Å². The second-order valence-electron chi connectivity index (χ2n) is 3.18. The Bertz CT molecular complexity index is 549. The Labute approximate surface area is 103 Å². The molecule has 1 aromatic heterocycles. The molecule has 0 saturated carbocycles. The van der Waals surface area contributed by atoms with Crippen molar-refractivity contribution in [3.8, 4) is 6.07 Å². The van der Waals surface area contributed by atoms with Gasteiger partial charge in [0.15, 0.2) is 0 Å².